The normalized spacial score (nSPS) is 13.5. The fourth-order valence-electron chi connectivity index (χ4n) is 4.55. The molecule has 386 valence electrons. The van der Waals surface area contributed by atoms with Gasteiger partial charge in [-0.25, -0.2) is 9.59 Å². The number of ether oxygens (including phenoxy) is 6. The van der Waals surface area contributed by atoms with Crippen LogP contribution in [0.4, 0.5) is 9.59 Å². The Bertz CT molecular complexity index is 1730. The molecule has 2 rings (SSSR count). The Balaban J connectivity index is 0. The van der Waals surface area contributed by atoms with Crippen molar-refractivity contribution < 1.29 is 66.9 Å². The van der Waals surface area contributed by atoms with E-state index >= 15 is 0 Å². The number of carbonyl (C=O) groups excluding carboxylic acids is 4. The second-order valence-corrected chi connectivity index (χ2v) is 18.4. The minimum absolute atomic E-state index is 0. The summed E-state index contributed by atoms with van der Waals surface area (Å²) in [5.74, 6) is 0.125. The molecule has 67 heavy (non-hydrogen) atoms. The number of thioether (sulfide) groups is 1. The number of carbonyl (C=O) groups is 4. The number of aliphatic hydroxyl groups is 2. The Kier molecular flexibility index (Phi) is 30.6. The van der Waals surface area contributed by atoms with Gasteiger partial charge in [0.2, 0.25) is 0 Å². The number of nitrogens with zero attached hydrogens (tertiary/aromatic N) is 3. The van der Waals surface area contributed by atoms with Gasteiger partial charge >= 0.3 is 12.2 Å². The lowest BCUT2D eigenvalue weighted by Crippen LogP contribution is -2.53. The zero-order chi connectivity index (χ0) is 50.7. The molecule has 8 N–H and O–H groups in total. The second-order valence-electron chi connectivity index (χ2n) is 17.4. The Morgan fingerprint density at radius 1 is 0.791 bits per heavy atom. The number of amides is 4. The monoisotopic (exact) mass is 977 g/mol. The Morgan fingerprint density at radius 2 is 1.22 bits per heavy atom. The summed E-state index contributed by atoms with van der Waals surface area (Å²) in [5, 5.41) is 39.8. The lowest BCUT2D eigenvalue weighted by Gasteiger charge is -2.29. The third-order valence-corrected chi connectivity index (χ3v) is 9.33. The molecular weight excluding hydrogens is 897 g/mol. The predicted molar refractivity (Wildman–Crippen MR) is 256 cm³/mol. The highest BCUT2D eigenvalue weighted by atomic mass is 32.2. The van der Waals surface area contributed by atoms with Gasteiger partial charge in [0.1, 0.15) is 66.2 Å². The molecule has 23 heteroatoms. The first-order valence-electron chi connectivity index (χ1n) is 21.2. The van der Waals surface area contributed by atoms with Crippen LogP contribution < -0.4 is 36.5 Å². The van der Waals surface area contributed by atoms with Gasteiger partial charge in [-0.1, -0.05) is 14.0 Å². The van der Waals surface area contributed by atoms with E-state index in [0.29, 0.717) is 43.8 Å². The minimum Gasteiger partial charge on any atom is -0.473 e. The van der Waals surface area contributed by atoms with E-state index in [1.807, 2.05) is 27.0 Å². The number of rotatable bonds is 23. The van der Waals surface area contributed by atoms with Crippen LogP contribution in [0.2, 0.25) is 0 Å². The Hall–Kier alpha value is -4.94. The van der Waals surface area contributed by atoms with Gasteiger partial charge in [-0.2, -0.15) is 4.99 Å². The maximum atomic E-state index is 12.5. The highest BCUT2D eigenvalue weighted by molar-refractivity contribution is 8.13. The van der Waals surface area contributed by atoms with Crippen molar-refractivity contribution in [3.63, 3.8) is 0 Å². The van der Waals surface area contributed by atoms with E-state index in [0.717, 1.165) is 0 Å². The summed E-state index contributed by atoms with van der Waals surface area (Å²) >= 11 is 1.43. The molecule has 0 saturated heterocycles. The predicted octanol–water partition coefficient (Wildman–Crippen LogP) is 5.09. The lowest BCUT2D eigenvalue weighted by molar-refractivity contribution is -0.141. The molecule has 4 atom stereocenters. The number of hydrogen-bond acceptors (Lipinski definition) is 19. The van der Waals surface area contributed by atoms with Crippen LogP contribution in [0.5, 0.6) is 11.8 Å². The number of nitrogens with two attached hydrogens (primary N) is 1. The average Bonchev–Trinajstić information content (AvgIpc) is 3.95. The van der Waals surface area contributed by atoms with Crippen LogP contribution in [0.25, 0.3) is 0 Å². The van der Waals surface area contributed by atoms with Crippen LogP contribution >= 0.6 is 11.8 Å². The number of methoxy groups -OCH3 is 2. The molecule has 0 radical (unpaired) electrons. The van der Waals surface area contributed by atoms with Crippen LogP contribution in [-0.2, 0) is 28.5 Å². The van der Waals surface area contributed by atoms with Crippen molar-refractivity contribution in [1.29, 1.82) is 0 Å². The van der Waals surface area contributed by atoms with Crippen molar-refractivity contribution in [2.45, 2.75) is 156 Å². The second kappa shape index (κ2) is 31.9. The van der Waals surface area contributed by atoms with E-state index in [4.69, 9.17) is 34.2 Å². The van der Waals surface area contributed by atoms with E-state index in [-0.39, 0.29) is 50.0 Å². The summed E-state index contributed by atoms with van der Waals surface area (Å²) in [7, 11) is 2.89. The van der Waals surface area contributed by atoms with Gasteiger partial charge < -0.3 is 69.4 Å². The summed E-state index contributed by atoms with van der Waals surface area (Å²) < 4.78 is 40.5. The van der Waals surface area contributed by atoms with Crippen LogP contribution in [-0.4, -0.2) is 143 Å². The summed E-state index contributed by atoms with van der Waals surface area (Å²) in [6, 6.07) is 1.95. The number of aromatic nitrogens is 2. The minimum atomic E-state index is -1.06. The van der Waals surface area contributed by atoms with E-state index in [1.165, 1.54) is 50.6 Å². The van der Waals surface area contributed by atoms with Crippen molar-refractivity contribution in [3.05, 3.63) is 37.1 Å². The fourth-order valence-corrected chi connectivity index (χ4v) is 4.71. The van der Waals surface area contributed by atoms with Crippen molar-refractivity contribution in [2.24, 2.45) is 10.7 Å². The summed E-state index contributed by atoms with van der Waals surface area (Å²) in [5.41, 5.74) is 2.38. The fraction of sp³-hybridized carbons (Fsp3) is 0.705. The summed E-state index contributed by atoms with van der Waals surface area (Å²) in [4.78, 5) is 51.1. The first kappa shape index (κ1) is 64.1. The maximum absolute atomic E-state index is 12.5. The van der Waals surface area contributed by atoms with Gasteiger partial charge in [-0.15, -0.1) is 11.8 Å². The number of alkyl carbamates (subject to hydrolysis) is 1. The van der Waals surface area contributed by atoms with E-state index in [2.05, 4.69) is 52.2 Å². The molecule has 0 spiro atoms. The molecule has 0 aliphatic carbocycles. The topological polar surface area (TPSA) is 303 Å². The quantitative estimate of drug-likeness (QED) is 0.0433. The third-order valence-electron chi connectivity index (χ3n) is 8.65. The molecule has 2 aromatic rings. The molecule has 2 heterocycles. The van der Waals surface area contributed by atoms with Gasteiger partial charge in [0.25, 0.3) is 23.6 Å². The largest absolute Gasteiger partial charge is 0.473 e. The lowest BCUT2D eigenvalue weighted by atomic mass is 10.0. The maximum Gasteiger partial charge on any atom is 0.434 e. The van der Waals surface area contributed by atoms with Crippen molar-refractivity contribution in [1.82, 2.24) is 31.6 Å². The van der Waals surface area contributed by atoms with E-state index < -0.39 is 58.9 Å². The SMILES string of the molecule is C.C=C(NCCC[C@H](NC(=O)C(C)(C)OC)C(O)COc1ccon1)NC(=O)OC(C)(C)C.COC(C)(C)C(=O)N[C@@H](CCCN)C(O)COc1ccon1.CSC(C)=NC(=O)OC(C)(C)C. The zero-order valence-corrected chi connectivity index (χ0v) is 41.9. The molecule has 0 aromatic carbocycles. The van der Waals surface area contributed by atoms with E-state index in [9.17, 15) is 29.4 Å². The van der Waals surface area contributed by atoms with Gasteiger partial charge in [0.05, 0.1) is 17.1 Å². The molecule has 4 amide bonds. The molecule has 2 unspecified atom stereocenters. The molecule has 0 saturated carbocycles. The third kappa shape index (κ3) is 30.1. The van der Waals surface area contributed by atoms with Gasteiger partial charge in [0.15, 0.2) is 0 Å². The number of hydrogen-bond donors (Lipinski definition) is 7. The summed E-state index contributed by atoms with van der Waals surface area (Å²) in [6.07, 6.45) is 3.72. The van der Waals surface area contributed by atoms with Crippen LogP contribution in [0.15, 0.2) is 51.1 Å². The first-order valence-corrected chi connectivity index (χ1v) is 22.4. The van der Waals surface area contributed by atoms with Gasteiger partial charge in [0, 0.05) is 32.9 Å². The standard InChI is InChI=1S/C21H36N4O7.C14H25N3O5.C8H15NO2S.CH4/c1-14(23-19(28)32-20(2,3)4)22-11-8-9-15(24-18(27)21(5,6)29-7)16(26)13-30-17-10-12-31-25-17;1-14(2,20-3)13(19)16-10(5-4-7-15)11(18)9-21-12-6-8-22-17-12;1-6(12-5)9-7(10)11-8(2,3)4;/h10,12,15-16,22,26H,1,8-9,11,13H2,2-7H3,(H,23,28)(H,24,27);6,8,10-11,18H,4-5,7,9,15H2,1-3H3,(H,16,19);1-5H3;1H4/t15-,16?;10-,11?;;/m00../s1. The van der Waals surface area contributed by atoms with Crippen LogP contribution in [0, 0.1) is 0 Å². The number of nitrogens with one attached hydrogen (secondary N) is 4. The Morgan fingerprint density at radius 3 is 1.58 bits per heavy atom. The number of aliphatic imine (C=N–C) groups is 1. The molecule has 0 fully saturated rings. The molecular formula is C44H80N8O14S. The molecule has 22 nitrogen and oxygen atoms in total. The zero-order valence-electron chi connectivity index (χ0n) is 41.1. The van der Waals surface area contributed by atoms with Crippen LogP contribution in [0.3, 0.4) is 0 Å². The number of aliphatic hydroxyl groups excluding tert-OH is 2. The summed E-state index contributed by atoms with van der Waals surface area (Å²) in [6.45, 7) is 23.6. The van der Waals surface area contributed by atoms with Crippen molar-refractivity contribution in [2.75, 3.05) is 46.8 Å². The van der Waals surface area contributed by atoms with Gasteiger partial charge in [-0.3, -0.25) is 14.9 Å². The smallest absolute Gasteiger partial charge is 0.434 e. The molecule has 0 aliphatic heterocycles. The highest BCUT2D eigenvalue weighted by Gasteiger charge is 2.33. The molecule has 2 aromatic heterocycles. The van der Waals surface area contributed by atoms with Crippen molar-refractivity contribution >= 4 is 40.8 Å². The molecule has 0 bridgehead atoms. The van der Waals surface area contributed by atoms with E-state index in [1.54, 1.807) is 55.4 Å². The Labute approximate surface area is 400 Å². The van der Waals surface area contributed by atoms with Gasteiger partial charge in [-0.05, 0) is 125 Å². The van der Waals surface area contributed by atoms with Crippen molar-refractivity contribution in [3.8, 4) is 11.8 Å². The average molecular weight is 977 g/mol. The molecule has 0 aliphatic rings. The van der Waals surface area contributed by atoms with Crippen LogP contribution in [0.1, 0.15) is 109 Å². The first-order chi connectivity index (χ1) is 30.6. The highest BCUT2D eigenvalue weighted by Crippen LogP contribution is 2.15.